The van der Waals surface area contributed by atoms with Crippen LogP contribution in [0.3, 0.4) is 0 Å². The Balaban J connectivity index is 1.61. The van der Waals surface area contributed by atoms with E-state index in [4.69, 9.17) is 0 Å². The molecular weight excluding hydrogens is 310 g/mol. The molecule has 0 aliphatic heterocycles. The van der Waals surface area contributed by atoms with E-state index in [1.54, 1.807) is 22.0 Å². The Bertz CT molecular complexity index is 820. The number of aromatic nitrogens is 4. The van der Waals surface area contributed by atoms with Gasteiger partial charge < -0.3 is 0 Å². The molecule has 23 heavy (non-hydrogen) atoms. The van der Waals surface area contributed by atoms with Crippen LogP contribution < -0.4 is 5.32 Å². The van der Waals surface area contributed by atoms with Crippen LogP contribution in [0.5, 0.6) is 0 Å². The summed E-state index contributed by atoms with van der Waals surface area (Å²) in [6.07, 6.45) is 7.10. The highest BCUT2D eigenvalue weighted by atomic mass is 32.1. The summed E-state index contributed by atoms with van der Waals surface area (Å²) < 4.78 is 1.68. The van der Waals surface area contributed by atoms with Crippen LogP contribution in [0.4, 0.5) is 5.95 Å². The van der Waals surface area contributed by atoms with Gasteiger partial charge in [0.25, 0.3) is 11.7 Å². The molecule has 1 fully saturated rings. The lowest BCUT2D eigenvalue weighted by molar-refractivity contribution is -0.120. The highest BCUT2D eigenvalue weighted by Gasteiger charge is 2.22. The first-order valence-electron chi connectivity index (χ1n) is 7.88. The van der Waals surface area contributed by atoms with Crippen LogP contribution in [0.25, 0.3) is 16.3 Å². The average molecular weight is 327 g/mol. The molecule has 0 aromatic carbocycles. The second kappa shape index (κ2) is 6.08. The maximum atomic E-state index is 12.3. The minimum absolute atomic E-state index is 0.0262. The van der Waals surface area contributed by atoms with E-state index in [9.17, 15) is 4.79 Å². The molecule has 1 amide bonds. The van der Waals surface area contributed by atoms with E-state index in [2.05, 4.69) is 20.4 Å². The number of thiophene rings is 1. The van der Waals surface area contributed by atoms with Gasteiger partial charge in [0.15, 0.2) is 0 Å². The third kappa shape index (κ3) is 2.84. The van der Waals surface area contributed by atoms with Crippen molar-refractivity contribution < 1.29 is 4.79 Å². The van der Waals surface area contributed by atoms with E-state index in [1.165, 1.54) is 6.42 Å². The van der Waals surface area contributed by atoms with Crippen molar-refractivity contribution in [2.45, 2.75) is 32.1 Å². The minimum Gasteiger partial charge on any atom is -0.293 e. The van der Waals surface area contributed by atoms with Crippen LogP contribution in [0.1, 0.15) is 32.1 Å². The van der Waals surface area contributed by atoms with Crippen LogP contribution in [0.15, 0.2) is 29.8 Å². The number of nitrogens with zero attached hydrogens (tertiary/aromatic N) is 4. The van der Waals surface area contributed by atoms with Gasteiger partial charge in [0, 0.05) is 12.1 Å². The second-order valence-electron chi connectivity index (χ2n) is 5.78. The summed E-state index contributed by atoms with van der Waals surface area (Å²) in [5.74, 6) is 0.935. The molecule has 3 aromatic rings. The molecule has 0 atom stereocenters. The normalized spacial score (nSPS) is 15.8. The summed E-state index contributed by atoms with van der Waals surface area (Å²) >= 11 is 1.63. The molecule has 7 heteroatoms. The molecule has 0 unspecified atom stereocenters. The molecule has 1 saturated carbocycles. The summed E-state index contributed by atoms with van der Waals surface area (Å²) in [7, 11) is 0. The third-order valence-corrected chi connectivity index (χ3v) is 5.12. The number of carbonyl (C=O) groups is 1. The van der Waals surface area contributed by atoms with Gasteiger partial charge in [-0.2, -0.15) is 9.50 Å². The molecule has 3 heterocycles. The molecule has 4 rings (SSSR count). The second-order valence-corrected chi connectivity index (χ2v) is 6.73. The minimum atomic E-state index is 0.0262. The maximum absolute atomic E-state index is 12.3. The zero-order chi connectivity index (χ0) is 15.6. The van der Waals surface area contributed by atoms with Gasteiger partial charge in [0.05, 0.1) is 10.6 Å². The van der Waals surface area contributed by atoms with Crippen molar-refractivity contribution in [1.82, 2.24) is 19.6 Å². The number of carbonyl (C=O) groups excluding carboxylic acids is 1. The van der Waals surface area contributed by atoms with E-state index in [0.29, 0.717) is 11.7 Å². The van der Waals surface area contributed by atoms with Crippen molar-refractivity contribution in [3.63, 3.8) is 0 Å². The van der Waals surface area contributed by atoms with E-state index >= 15 is 0 Å². The third-order valence-electron chi connectivity index (χ3n) is 4.23. The first-order valence-corrected chi connectivity index (χ1v) is 8.76. The molecule has 0 saturated heterocycles. The quantitative estimate of drug-likeness (QED) is 0.800. The summed E-state index contributed by atoms with van der Waals surface area (Å²) in [5.41, 5.74) is 0.927. The fourth-order valence-corrected chi connectivity index (χ4v) is 3.77. The van der Waals surface area contributed by atoms with Gasteiger partial charge in [-0.05, 0) is 30.4 Å². The van der Waals surface area contributed by atoms with Crippen molar-refractivity contribution in [3.05, 3.63) is 29.8 Å². The van der Waals surface area contributed by atoms with Gasteiger partial charge in [0.1, 0.15) is 0 Å². The first kappa shape index (κ1) is 14.3. The number of nitrogens with one attached hydrogen (secondary N) is 1. The Hall–Kier alpha value is -2.28. The number of hydrogen-bond acceptors (Lipinski definition) is 5. The van der Waals surface area contributed by atoms with Gasteiger partial charge in [0.2, 0.25) is 5.91 Å². The van der Waals surface area contributed by atoms with Crippen LogP contribution in [-0.2, 0) is 4.79 Å². The number of anilines is 1. The van der Waals surface area contributed by atoms with Crippen LogP contribution in [0, 0.1) is 5.92 Å². The van der Waals surface area contributed by atoms with E-state index in [-0.39, 0.29) is 11.8 Å². The Morgan fingerprint density at radius 3 is 2.91 bits per heavy atom. The molecular formula is C16H17N5OS. The van der Waals surface area contributed by atoms with Gasteiger partial charge in [-0.3, -0.25) is 10.1 Å². The van der Waals surface area contributed by atoms with Crippen LogP contribution in [0.2, 0.25) is 0 Å². The molecule has 6 nitrogen and oxygen atoms in total. The number of fused-ring (bicyclic) bond motifs is 1. The van der Waals surface area contributed by atoms with E-state index < -0.39 is 0 Å². The van der Waals surface area contributed by atoms with Gasteiger partial charge >= 0.3 is 0 Å². The lowest BCUT2D eigenvalue weighted by Gasteiger charge is -2.19. The molecule has 1 N–H and O–H groups in total. The zero-order valence-corrected chi connectivity index (χ0v) is 13.4. The van der Waals surface area contributed by atoms with Crippen molar-refractivity contribution in [2.75, 3.05) is 5.32 Å². The molecule has 0 bridgehead atoms. The van der Waals surface area contributed by atoms with Crippen molar-refractivity contribution in [1.29, 1.82) is 0 Å². The van der Waals surface area contributed by atoms with E-state index in [0.717, 1.165) is 36.3 Å². The fourth-order valence-electron chi connectivity index (χ4n) is 3.03. The number of amides is 1. The van der Waals surface area contributed by atoms with Gasteiger partial charge in [-0.25, -0.2) is 4.98 Å². The largest absolute Gasteiger partial charge is 0.293 e. The lowest BCUT2D eigenvalue weighted by Crippen LogP contribution is -2.25. The Kier molecular flexibility index (Phi) is 3.78. The van der Waals surface area contributed by atoms with Crippen molar-refractivity contribution >= 4 is 29.0 Å². The topological polar surface area (TPSA) is 72.2 Å². The Morgan fingerprint density at radius 2 is 2.13 bits per heavy atom. The SMILES string of the molecule is O=C(Nc1nc2nccc(-c3cccs3)n2n1)C1CCCCC1. The van der Waals surface area contributed by atoms with Crippen LogP contribution >= 0.6 is 11.3 Å². The molecule has 3 aromatic heterocycles. The molecule has 118 valence electrons. The smallest absolute Gasteiger partial charge is 0.254 e. The number of hydrogen-bond donors (Lipinski definition) is 1. The molecule has 0 spiro atoms. The summed E-state index contributed by atoms with van der Waals surface area (Å²) in [4.78, 5) is 22.0. The van der Waals surface area contributed by atoms with Gasteiger partial charge in [-0.1, -0.05) is 25.3 Å². The molecule has 0 radical (unpaired) electrons. The highest BCUT2D eigenvalue weighted by Crippen LogP contribution is 2.26. The van der Waals surface area contributed by atoms with Crippen LogP contribution in [-0.4, -0.2) is 25.5 Å². The summed E-state index contributed by atoms with van der Waals surface area (Å²) in [6, 6.07) is 5.93. The Labute approximate surface area is 137 Å². The fraction of sp³-hybridized carbons (Fsp3) is 0.375. The summed E-state index contributed by atoms with van der Waals surface area (Å²) in [5, 5.41) is 9.29. The standard InChI is InChI=1S/C16H17N5OS/c22-14(11-5-2-1-3-6-11)18-15-19-16-17-9-8-12(21(16)20-15)13-7-4-10-23-13/h4,7-11H,1-3,5-6H2,(H,18,20,22). The Morgan fingerprint density at radius 1 is 1.26 bits per heavy atom. The maximum Gasteiger partial charge on any atom is 0.254 e. The highest BCUT2D eigenvalue weighted by molar-refractivity contribution is 7.13. The predicted octanol–water partition coefficient (Wildman–Crippen LogP) is 3.37. The number of rotatable bonds is 3. The zero-order valence-electron chi connectivity index (χ0n) is 12.6. The monoisotopic (exact) mass is 327 g/mol. The van der Waals surface area contributed by atoms with Gasteiger partial charge in [-0.15, -0.1) is 16.4 Å². The average Bonchev–Trinajstić information content (AvgIpc) is 3.24. The molecule has 1 aliphatic rings. The molecule has 1 aliphatic carbocycles. The summed E-state index contributed by atoms with van der Waals surface area (Å²) in [6.45, 7) is 0. The van der Waals surface area contributed by atoms with Crippen molar-refractivity contribution in [2.24, 2.45) is 5.92 Å². The van der Waals surface area contributed by atoms with Crippen molar-refractivity contribution in [3.8, 4) is 10.6 Å². The lowest BCUT2D eigenvalue weighted by atomic mass is 9.89. The van der Waals surface area contributed by atoms with E-state index in [1.807, 2.05) is 23.6 Å². The first-order chi connectivity index (χ1) is 11.3. The predicted molar refractivity (Wildman–Crippen MR) is 89.3 cm³/mol.